The van der Waals surface area contributed by atoms with Gasteiger partial charge < -0.3 is 14.9 Å². The summed E-state index contributed by atoms with van der Waals surface area (Å²) in [5, 5.41) is 9.09. The highest BCUT2D eigenvalue weighted by Crippen LogP contribution is 2.19. The molecule has 1 N–H and O–H groups in total. The molecule has 2 aliphatic rings. The summed E-state index contributed by atoms with van der Waals surface area (Å²) < 4.78 is 0. The predicted octanol–water partition coefficient (Wildman–Crippen LogP) is 1.61. The van der Waals surface area contributed by atoms with Crippen LogP contribution < -0.4 is 0 Å². The van der Waals surface area contributed by atoms with Crippen LogP contribution in [0.1, 0.15) is 32.1 Å². The van der Waals surface area contributed by atoms with Gasteiger partial charge >= 0.3 is 6.09 Å². The first kappa shape index (κ1) is 10.7. The third-order valence-corrected chi connectivity index (χ3v) is 3.54. The van der Waals surface area contributed by atoms with Crippen LogP contribution in [-0.2, 0) is 0 Å². The van der Waals surface area contributed by atoms with Gasteiger partial charge in [-0.2, -0.15) is 0 Å². The number of hydrogen-bond acceptors (Lipinski definition) is 2. The highest BCUT2D eigenvalue weighted by atomic mass is 16.4. The van der Waals surface area contributed by atoms with Crippen molar-refractivity contribution in [1.29, 1.82) is 0 Å². The summed E-state index contributed by atoms with van der Waals surface area (Å²) in [7, 11) is 0. The first-order chi connectivity index (χ1) is 7.27. The second kappa shape index (κ2) is 4.84. The fourth-order valence-corrected chi connectivity index (χ4v) is 2.71. The van der Waals surface area contributed by atoms with Gasteiger partial charge in [-0.05, 0) is 45.2 Å². The van der Waals surface area contributed by atoms with Crippen LogP contribution in [0, 0.1) is 0 Å². The molecule has 86 valence electrons. The smallest absolute Gasteiger partial charge is 0.407 e. The summed E-state index contributed by atoms with van der Waals surface area (Å²) in [6.07, 6.45) is 5.08. The van der Waals surface area contributed by atoms with Crippen molar-refractivity contribution in [2.75, 3.05) is 26.2 Å². The van der Waals surface area contributed by atoms with E-state index in [9.17, 15) is 4.79 Å². The minimum Gasteiger partial charge on any atom is -0.465 e. The van der Waals surface area contributed by atoms with E-state index >= 15 is 0 Å². The molecule has 0 saturated carbocycles. The zero-order chi connectivity index (χ0) is 10.7. The molecule has 0 bridgehead atoms. The zero-order valence-corrected chi connectivity index (χ0v) is 9.19. The molecule has 0 spiro atoms. The molecule has 1 atom stereocenters. The summed E-state index contributed by atoms with van der Waals surface area (Å²) in [5.41, 5.74) is 0. The highest BCUT2D eigenvalue weighted by Gasteiger charge is 2.28. The Morgan fingerprint density at radius 2 is 1.80 bits per heavy atom. The van der Waals surface area contributed by atoms with Crippen LogP contribution in [0.2, 0.25) is 0 Å². The van der Waals surface area contributed by atoms with E-state index in [1.54, 1.807) is 4.90 Å². The van der Waals surface area contributed by atoms with Gasteiger partial charge in [0.1, 0.15) is 0 Å². The van der Waals surface area contributed by atoms with E-state index in [-0.39, 0.29) is 6.04 Å². The first-order valence-corrected chi connectivity index (χ1v) is 5.99. The Kier molecular flexibility index (Phi) is 3.46. The third-order valence-electron chi connectivity index (χ3n) is 3.54. The molecule has 2 aliphatic heterocycles. The van der Waals surface area contributed by atoms with Crippen molar-refractivity contribution in [3.8, 4) is 0 Å². The van der Waals surface area contributed by atoms with Gasteiger partial charge in [0.2, 0.25) is 0 Å². The third kappa shape index (κ3) is 2.62. The van der Waals surface area contributed by atoms with Gasteiger partial charge in [0.15, 0.2) is 0 Å². The average molecular weight is 212 g/mol. The van der Waals surface area contributed by atoms with Gasteiger partial charge in [0.05, 0.1) is 0 Å². The molecule has 2 heterocycles. The van der Waals surface area contributed by atoms with Crippen molar-refractivity contribution in [1.82, 2.24) is 9.80 Å². The maximum absolute atomic E-state index is 11.0. The van der Waals surface area contributed by atoms with E-state index in [1.807, 2.05) is 0 Å². The molecule has 2 saturated heterocycles. The Balaban J connectivity index is 1.89. The van der Waals surface area contributed by atoms with Gasteiger partial charge in [-0.15, -0.1) is 0 Å². The van der Waals surface area contributed by atoms with E-state index in [4.69, 9.17) is 5.11 Å². The van der Waals surface area contributed by atoms with Crippen LogP contribution in [0.4, 0.5) is 4.79 Å². The molecule has 4 nitrogen and oxygen atoms in total. The van der Waals surface area contributed by atoms with E-state index in [1.165, 1.54) is 19.3 Å². The molecule has 0 aromatic rings. The number of rotatable bonds is 2. The number of carbonyl (C=O) groups is 1. The molecule has 2 rings (SSSR count). The number of amides is 1. The Hall–Kier alpha value is -0.770. The average Bonchev–Trinajstić information content (AvgIpc) is 2.71. The number of likely N-dealkylation sites (tertiary alicyclic amines) is 2. The molecule has 1 amide bonds. The lowest BCUT2D eigenvalue weighted by atomic mass is 10.0. The minimum absolute atomic E-state index is 0.245. The summed E-state index contributed by atoms with van der Waals surface area (Å²) in [5.74, 6) is 0. The van der Waals surface area contributed by atoms with Crippen LogP contribution in [0.25, 0.3) is 0 Å². The van der Waals surface area contributed by atoms with Crippen molar-refractivity contribution < 1.29 is 9.90 Å². The molecule has 0 aromatic heterocycles. The molecule has 0 aromatic carbocycles. The van der Waals surface area contributed by atoms with E-state index < -0.39 is 6.09 Å². The number of nitrogens with zero attached hydrogens (tertiary/aromatic N) is 2. The molecular weight excluding hydrogens is 192 g/mol. The number of hydrogen-bond donors (Lipinski definition) is 1. The predicted molar refractivity (Wildman–Crippen MR) is 58.0 cm³/mol. The topological polar surface area (TPSA) is 43.8 Å². The molecule has 0 aliphatic carbocycles. The monoisotopic (exact) mass is 212 g/mol. The van der Waals surface area contributed by atoms with Crippen LogP contribution in [-0.4, -0.2) is 53.2 Å². The maximum atomic E-state index is 11.0. The largest absolute Gasteiger partial charge is 0.465 e. The highest BCUT2D eigenvalue weighted by molar-refractivity contribution is 5.65. The molecule has 2 fully saturated rings. The molecule has 4 heteroatoms. The van der Waals surface area contributed by atoms with Crippen molar-refractivity contribution in [3.63, 3.8) is 0 Å². The number of carboxylic acid groups (broad SMARTS) is 1. The summed E-state index contributed by atoms with van der Waals surface area (Å²) in [4.78, 5) is 15.1. The van der Waals surface area contributed by atoms with Crippen LogP contribution in [0.5, 0.6) is 0 Å². The Morgan fingerprint density at radius 1 is 1.13 bits per heavy atom. The summed E-state index contributed by atoms with van der Waals surface area (Å²) in [6.45, 7) is 3.99. The van der Waals surface area contributed by atoms with Crippen molar-refractivity contribution >= 4 is 6.09 Å². The van der Waals surface area contributed by atoms with E-state index in [2.05, 4.69) is 4.90 Å². The Bertz CT molecular complexity index is 227. The Labute approximate surface area is 90.9 Å². The van der Waals surface area contributed by atoms with Crippen molar-refractivity contribution in [2.24, 2.45) is 0 Å². The van der Waals surface area contributed by atoms with Crippen LogP contribution in [0.15, 0.2) is 0 Å². The normalized spacial score (nSPS) is 28.3. The lowest BCUT2D eigenvalue weighted by Crippen LogP contribution is -2.48. The molecule has 1 unspecified atom stereocenters. The quantitative estimate of drug-likeness (QED) is 0.756. The molecule has 15 heavy (non-hydrogen) atoms. The number of piperidine rings is 1. The van der Waals surface area contributed by atoms with Crippen molar-refractivity contribution in [2.45, 2.75) is 38.1 Å². The Morgan fingerprint density at radius 3 is 2.47 bits per heavy atom. The van der Waals surface area contributed by atoms with E-state index in [0.717, 1.165) is 39.0 Å². The van der Waals surface area contributed by atoms with Gasteiger partial charge in [-0.25, -0.2) is 4.79 Å². The van der Waals surface area contributed by atoms with Crippen LogP contribution in [0.3, 0.4) is 0 Å². The first-order valence-electron chi connectivity index (χ1n) is 5.99. The standard InChI is InChI=1S/C11H20N2O2/c14-11(15)13-8-2-1-5-10(13)9-12-6-3-4-7-12/h10H,1-9H2,(H,14,15). The van der Waals surface area contributed by atoms with Crippen LogP contribution >= 0.6 is 0 Å². The molecule has 0 radical (unpaired) electrons. The minimum atomic E-state index is -0.737. The second-order valence-corrected chi connectivity index (χ2v) is 4.63. The van der Waals surface area contributed by atoms with Gasteiger partial charge in [-0.3, -0.25) is 0 Å². The van der Waals surface area contributed by atoms with Crippen molar-refractivity contribution in [3.05, 3.63) is 0 Å². The zero-order valence-electron chi connectivity index (χ0n) is 9.19. The maximum Gasteiger partial charge on any atom is 0.407 e. The fourth-order valence-electron chi connectivity index (χ4n) is 2.71. The summed E-state index contributed by atoms with van der Waals surface area (Å²) in [6, 6.07) is 0.245. The van der Waals surface area contributed by atoms with Gasteiger partial charge in [0, 0.05) is 19.1 Å². The lowest BCUT2D eigenvalue weighted by Gasteiger charge is -2.35. The second-order valence-electron chi connectivity index (χ2n) is 4.63. The fraction of sp³-hybridized carbons (Fsp3) is 0.909. The SMILES string of the molecule is O=C(O)N1CCCCC1CN1CCCC1. The molecular formula is C11H20N2O2. The van der Waals surface area contributed by atoms with Gasteiger partial charge in [0.25, 0.3) is 0 Å². The van der Waals surface area contributed by atoms with Gasteiger partial charge in [-0.1, -0.05) is 0 Å². The summed E-state index contributed by atoms with van der Waals surface area (Å²) >= 11 is 0. The lowest BCUT2D eigenvalue weighted by molar-refractivity contribution is 0.0914. The van der Waals surface area contributed by atoms with E-state index in [0.29, 0.717) is 0 Å².